The summed E-state index contributed by atoms with van der Waals surface area (Å²) in [6, 6.07) is 12.1. The number of nitrogens with one attached hydrogen (secondary N) is 1. The number of carbonyl (C=O) groups excluding carboxylic acids is 1. The van der Waals surface area contributed by atoms with Crippen molar-refractivity contribution in [2.24, 2.45) is 23.2 Å². The number of halogens is 3. The molecule has 4 aliphatic rings. The molecule has 4 saturated carbocycles. The molecule has 0 saturated heterocycles. The first-order valence-electron chi connectivity index (χ1n) is 13.7. The van der Waals surface area contributed by atoms with Gasteiger partial charge < -0.3 is 20.9 Å². The standard InChI is InChI=1S/C31H31F3N2O4/c32-31(33,34)22-4-1-17(2-5-22)16-40-26-24-8-6-23(35)12-21(24)3-7-25(26)28(37)36-27(29(38)39)30-13-18-9-19(14-30)11-20(10-18)15-30/h1-8,12,18-20,27H,9-11,13-16,35H2,(H,36,37)(H,38,39)/t18?,19?,20?,27-,30?/m1/s1. The predicted octanol–water partition coefficient (Wildman–Crippen LogP) is 6.42. The van der Waals surface area contributed by atoms with Gasteiger partial charge in [0.15, 0.2) is 0 Å². The second-order valence-corrected chi connectivity index (χ2v) is 11.9. The van der Waals surface area contributed by atoms with Crippen molar-refractivity contribution in [2.45, 2.75) is 57.3 Å². The number of amides is 1. The van der Waals surface area contributed by atoms with E-state index in [1.165, 1.54) is 12.1 Å². The lowest BCUT2D eigenvalue weighted by Gasteiger charge is -2.58. The zero-order valence-corrected chi connectivity index (χ0v) is 21.8. The number of hydrogen-bond acceptors (Lipinski definition) is 4. The van der Waals surface area contributed by atoms with Gasteiger partial charge in [-0.1, -0.05) is 18.2 Å². The van der Waals surface area contributed by atoms with Gasteiger partial charge in [-0.2, -0.15) is 13.2 Å². The third-order valence-corrected chi connectivity index (χ3v) is 9.12. The van der Waals surface area contributed by atoms with Crippen LogP contribution in [0.3, 0.4) is 0 Å². The number of carboxylic acids is 1. The SMILES string of the molecule is Nc1ccc2c(OCc3ccc(C(F)(F)F)cc3)c(C(=O)N[C@H](C(=O)O)C34CC5CC(CC(C5)C3)C4)ccc2c1. The van der Waals surface area contributed by atoms with Gasteiger partial charge in [0.2, 0.25) is 0 Å². The highest BCUT2D eigenvalue weighted by atomic mass is 19.4. The molecule has 0 unspecified atom stereocenters. The summed E-state index contributed by atoms with van der Waals surface area (Å²) in [6.45, 7) is -0.0841. The summed E-state index contributed by atoms with van der Waals surface area (Å²) in [4.78, 5) is 26.3. The molecule has 4 aliphatic carbocycles. The quantitative estimate of drug-likeness (QED) is 0.294. The van der Waals surface area contributed by atoms with Crippen LogP contribution >= 0.6 is 0 Å². The number of nitrogens with two attached hydrogens (primary N) is 1. The van der Waals surface area contributed by atoms with Gasteiger partial charge in [0, 0.05) is 16.5 Å². The Hall–Kier alpha value is -3.75. The molecular formula is C31H31F3N2O4. The van der Waals surface area contributed by atoms with Crippen LogP contribution in [0.2, 0.25) is 0 Å². The van der Waals surface area contributed by atoms with Crippen molar-refractivity contribution in [1.29, 1.82) is 0 Å². The van der Waals surface area contributed by atoms with Crippen molar-refractivity contribution >= 4 is 28.3 Å². The van der Waals surface area contributed by atoms with Crippen LogP contribution in [0.5, 0.6) is 5.75 Å². The molecule has 3 aromatic carbocycles. The van der Waals surface area contributed by atoms with Gasteiger partial charge in [0.05, 0.1) is 11.1 Å². The van der Waals surface area contributed by atoms with Crippen molar-refractivity contribution < 1.29 is 32.6 Å². The molecule has 9 heteroatoms. The second kappa shape index (κ2) is 9.71. The van der Waals surface area contributed by atoms with Crippen LogP contribution in [0.15, 0.2) is 54.6 Å². The van der Waals surface area contributed by atoms with Gasteiger partial charge >= 0.3 is 12.1 Å². The summed E-state index contributed by atoms with van der Waals surface area (Å²) >= 11 is 0. The number of carbonyl (C=O) groups is 2. The van der Waals surface area contributed by atoms with E-state index in [0.29, 0.717) is 34.4 Å². The number of aliphatic carboxylic acids is 1. The van der Waals surface area contributed by atoms with Crippen molar-refractivity contribution in [2.75, 3.05) is 5.73 Å². The number of fused-ring (bicyclic) bond motifs is 1. The summed E-state index contributed by atoms with van der Waals surface area (Å²) in [5.74, 6) is 0.182. The Morgan fingerprint density at radius 2 is 1.60 bits per heavy atom. The lowest BCUT2D eigenvalue weighted by molar-refractivity contribution is -0.150. The van der Waals surface area contributed by atoms with Gasteiger partial charge in [0.1, 0.15) is 18.4 Å². The summed E-state index contributed by atoms with van der Waals surface area (Å²) in [7, 11) is 0. The minimum absolute atomic E-state index is 0.0841. The van der Waals surface area contributed by atoms with Crippen molar-refractivity contribution in [3.05, 3.63) is 71.3 Å². The van der Waals surface area contributed by atoms with Crippen molar-refractivity contribution in [3.8, 4) is 5.75 Å². The fraction of sp³-hybridized carbons (Fsp3) is 0.419. The van der Waals surface area contributed by atoms with Crippen LogP contribution < -0.4 is 15.8 Å². The lowest BCUT2D eigenvalue weighted by atomic mass is 9.47. The van der Waals surface area contributed by atoms with Crippen LogP contribution in [0.25, 0.3) is 10.8 Å². The smallest absolute Gasteiger partial charge is 0.416 e. The highest BCUT2D eigenvalue weighted by Gasteiger charge is 2.56. The molecule has 40 heavy (non-hydrogen) atoms. The number of hydrogen-bond donors (Lipinski definition) is 3. The van der Waals surface area contributed by atoms with E-state index in [-0.39, 0.29) is 17.9 Å². The molecule has 0 aromatic heterocycles. The highest BCUT2D eigenvalue weighted by molar-refractivity contribution is 6.05. The Labute approximate surface area is 229 Å². The van der Waals surface area contributed by atoms with Gasteiger partial charge in [-0.3, -0.25) is 4.79 Å². The third kappa shape index (κ3) is 4.86. The van der Waals surface area contributed by atoms with Gasteiger partial charge in [0.25, 0.3) is 5.91 Å². The third-order valence-electron chi connectivity index (χ3n) is 9.12. The molecule has 4 N–H and O–H groups in total. The summed E-state index contributed by atoms with van der Waals surface area (Å²) in [5, 5.41) is 14.5. The topological polar surface area (TPSA) is 102 Å². The number of benzene rings is 3. The maximum absolute atomic E-state index is 13.7. The molecule has 0 radical (unpaired) electrons. The van der Waals surface area contributed by atoms with Crippen molar-refractivity contribution in [3.63, 3.8) is 0 Å². The molecule has 210 valence electrons. The lowest BCUT2D eigenvalue weighted by Crippen LogP contribution is -2.59. The molecule has 0 spiro atoms. The van der Waals surface area contributed by atoms with E-state index in [2.05, 4.69) is 5.32 Å². The van der Waals surface area contributed by atoms with Crippen LogP contribution in [-0.4, -0.2) is 23.0 Å². The average Bonchev–Trinajstić information content (AvgIpc) is 2.88. The second-order valence-electron chi connectivity index (χ2n) is 11.9. The zero-order valence-electron chi connectivity index (χ0n) is 21.8. The number of alkyl halides is 3. The minimum Gasteiger partial charge on any atom is -0.487 e. The number of nitrogen functional groups attached to an aromatic ring is 1. The first kappa shape index (κ1) is 26.5. The molecule has 0 aliphatic heterocycles. The largest absolute Gasteiger partial charge is 0.487 e. The number of ether oxygens (including phenoxy) is 1. The molecular weight excluding hydrogens is 521 g/mol. The van der Waals surface area contributed by atoms with E-state index in [1.54, 1.807) is 30.3 Å². The zero-order chi connectivity index (χ0) is 28.2. The van der Waals surface area contributed by atoms with Crippen LogP contribution in [-0.2, 0) is 17.6 Å². The molecule has 0 heterocycles. The first-order chi connectivity index (χ1) is 19.0. The monoisotopic (exact) mass is 552 g/mol. The van der Waals surface area contributed by atoms with Crippen LogP contribution in [0, 0.1) is 23.2 Å². The molecule has 6 nitrogen and oxygen atoms in total. The van der Waals surface area contributed by atoms with Gasteiger partial charge in [-0.15, -0.1) is 0 Å². The van der Waals surface area contributed by atoms with Crippen molar-refractivity contribution in [1.82, 2.24) is 5.32 Å². The maximum atomic E-state index is 13.7. The van der Waals surface area contributed by atoms with Crippen LogP contribution in [0.1, 0.15) is 60.0 Å². The Morgan fingerprint density at radius 3 is 2.17 bits per heavy atom. The Morgan fingerprint density at radius 1 is 0.975 bits per heavy atom. The average molecular weight is 553 g/mol. The Bertz CT molecular complexity index is 1430. The molecule has 4 bridgehead atoms. The number of rotatable bonds is 7. The first-order valence-corrected chi connectivity index (χ1v) is 13.7. The fourth-order valence-electron chi connectivity index (χ4n) is 7.82. The molecule has 7 rings (SSSR count). The van der Waals surface area contributed by atoms with Crippen LogP contribution in [0.4, 0.5) is 18.9 Å². The maximum Gasteiger partial charge on any atom is 0.416 e. The summed E-state index contributed by atoms with van der Waals surface area (Å²) in [6.07, 6.45) is 1.43. The minimum atomic E-state index is -4.45. The van der Waals surface area contributed by atoms with E-state index >= 15 is 0 Å². The Kier molecular flexibility index (Phi) is 6.43. The normalized spacial score (nSPS) is 26.0. The molecule has 1 atom stereocenters. The number of anilines is 1. The van der Waals surface area contributed by atoms with E-state index in [1.807, 2.05) is 0 Å². The summed E-state index contributed by atoms with van der Waals surface area (Å²) < 4.78 is 45.0. The van der Waals surface area contributed by atoms with Gasteiger partial charge in [-0.05, 0) is 104 Å². The van der Waals surface area contributed by atoms with E-state index in [4.69, 9.17) is 10.5 Å². The van der Waals surface area contributed by atoms with Gasteiger partial charge in [-0.25, -0.2) is 4.79 Å². The summed E-state index contributed by atoms with van der Waals surface area (Å²) in [5.41, 5.74) is 5.91. The molecule has 3 aromatic rings. The molecule has 4 fully saturated rings. The Balaban J connectivity index is 1.30. The molecule has 1 amide bonds. The van der Waals surface area contributed by atoms with E-state index < -0.39 is 35.1 Å². The van der Waals surface area contributed by atoms with E-state index in [0.717, 1.165) is 56.0 Å². The highest BCUT2D eigenvalue weighted by Crippen LogP contribution is 2.61. The predicted molar refractivity (Wildman–Crippen MR) is 144 cm³/mol. The fourth-order valence-corrected chi connectivity index (χ4v) is 7.82. The number of carboxylic acid groups (broad SMARTS) is 1. The van der Waals surface area contributed by atoms with E-state index in [9.17, 15) is 27.9 Å².